The van der Waals surface area contributed by atoms with Crippen LogP contribution in [0.2, 0.25) is 0 Å². The zero-order valence-corrected chi connectivity index (χ0v) is 12.2. The van der Waals surface area contributed by atoms with Gasteiger partial charge in [-0.3, -0.25) is 4.79 Å². The lowest BCUT2D eigenvalue weighted by Gasteiger charge is -2.25. The summed E-state index contributed by atoms with van der Waals surface area (Å²) < 4.78 is 10.7. The molecule has 0 amide bonds. The SMILES string of the molecule is CCOC(=O)CC(c1ccccc1OCC)N(C)C. The molecule has 0 radical (unpaired) electrons. The predicted molar refractivity (Wildman–Crippen MR) is 75.3 cm³/mol. The topological polar surface area (TPSA) is 38.8 Å². The molecule has 0 aromatic heterocycles. The Morgan fingerprint density at radius 1 is 1.21 bits per heavy atom. The summed E-state index contributed by atoms with van der Waals surface area (Å²) in [7, 11) is 3.90. The van der Waals surface area contributed by atoms with Gasteiger partial charge in [0.15, 0.2) is 0 Å². The van der Waals surface area contributed by atoms with Crippen molar-refractivity contribution in [2.45, 2.75) is 26.3 Å². The van der Waals surface area contributed by atoms with Gasteiger partial charge in [0, 0.05) is 11.6 Å². The molecule has 1 aromatic rings. The molecule has 0 saturated heterocycles. The van der Waals surface area contributed by atoms with Crippen molar-refractivity contribution in [2.24, 2.45) is 0 Å². The number of ether oxygens (including phenoxy) is 2. The highest BCUT2D eigenvalue weighted by molar-refractivity contribution is 5.70. The largest absolute Gasteiger partial charge is 0.494 e. The summed E-state index contributed by atoms with van der Waals surface area (Å²) >= 11 is 0. The molecule has 0 N–H and O–H groups in total. The van der Waals surface area contributed by atoms with Crippen molar-refractivity contribution in [3.05, 3.63) is 29.8 Å². The van der Waals surface area contributed by atoms with Crippen LogP contribution >= 0.6 is 0 Å². The third-order valence-corrected chi connectivity index (χ3v) is 2.87. The summed E-state index contributed by atoms with van der Waals surface area (Å²) in [5.74, 6) is 0.639. The molecular weight excluding hydrogens is 242 g/mol. The summed E-state index contributed by atoms with van der Waals surface area (Å²) in [5.41, 5.74) is 1.02. The van der Waals surface area contributed by atoms with Crippen molar-refractivity contribution >= 4 is 5.97 Å². The van der Waals surface area contributed by atoms with Crippen molar-refractivity contribution in [3.8, 4) is 5.75 Å². The minimum absolute atomic E-state index is 0.0400. The van der Waals surface area contributed by atoms with Gasteiger partial charge in [-0.25, -0.2) is 0 Å². The van der Waals surface area contributed by atoms with Gasteiger partial charge in [-0.05, 0) is 34.0 Å². The second-order valence-corrected chi connectivity index (χ2v) is 4.46. The van der Waals surface area contributed by atoms with E-state index in [1.54, 1.807) is 0 Å². The lowest BCUT2D eigenvalue weighted by molar-refractivity contribution is -0.144. The van der Waals surface area contributed by atoms with Crippen LogP contribution in [-0.2, 0) is 9.53 Å². The van der Waals surface area contributed by atoms with Crippen molar-refractivity contribution in [3.63, 3.8) is 0 Å². The number of nitrogens with zero attached hydrogens (tertiary/aromatic N) is 1. The van der Waals surface area contributed by atoms with Crippen molar-refractivity contribution in [1.82, 2.24) is 4.90 Å². The Kier molecular flexibility index (Phi) is 6.36. The normalized spacial score (nSPS) is 12.3. The standard InChI is InChI=1S/C15H23NO3/c1-5-18-14-10-8-7-9-12(14)13(16(3)4)11-15(17)19-6-2/h7-10,13H,5-6,11H2,1-4H3. The molecule has 0 saturated carbocycles. The van der Waals surface area contributed by atoms with Crippen LogP contribution in [0.4, 0.5) is 0 Å². The second-order valence-electron chi connectivity index (χ2n) is 4.46. The molecule has 106 valence electrons. The van der Waals surface area contributed by atoms with Crippen LogP contribution in [0.3, 0.4) is 0 Å². The Morgan fingerprint density at radius 2 is 1.89 bits per heavy atom. The molecule has 19 heavy (non-hydrogen) atoms. The van der Waals surface area contributed by atoms with Gasteiger partial charge in [0.25, 0.3) is 0 Å². The van der Waals surface area contributed by atoms with E-state index in [2.05, 4.69) is 0 Å². The third-order valence-electron chi connectivity index (χ3n) is 2.87. The van der Waals surface area contributed by atoms with Gasteiger partial charge in [-0.1, -0.05) is 18.2 Å². The van der Waals surface area contributed by atoms with Crippen LogP contribution < -0.4 is 4.74 Å². The van der Waals surface area contributed by atoms with E-state index in [0.717, 1.165) is 11.3 Å². The summed E-state index contributed by atoms with van der Waals surface area (Å²) in [6, 6.07) is 7.78. The summed E-state index contributed by atoms with van der Waals surface area (Å²) in [6.45, 7) is 4.78. The fourth-order valence-corrected chi connectivity index (χ4v) is 1.99. The molecule has 1 aromatic carbocycles. The van der Waals surface area contributed by atoms with Crippen molar-refractivity contribution in [1.29, 1.82) is 0 Å². The maximum Gasteiger partial charge on any atom is 0.307 e. The van der Waals surface area contributed by atoms with E-state index in [1.807, 2.05) is 57.1 Å². The summed E-state index contributed by atoms with van der Waals surface area (Å²) in [6.07, 6.45) is 0.324. The minimum Gasteiger partial charge on any atom is -0.494 e. The molecule has 0 heterocycles. The Balaban J connectivity index is 2.95. The lowest BCUT2D eigenvalue weighted by Crippen LogP contribution is -2.24. The number of carbonyl (C=O) groups excluding carboxylic acids is 1. The third kappa shape index (κ3) is 4.56. The zero-order chi connectivity index (χ0) is 14.3. The number of benzene rings is 1. The maximum atomic E-state index is 11.7. The minimum atomic E-state index is -0.187. The lowest BCUT2D eigenvalue weighted by atomic mass is 10.0. The van der Waals surface area contributed by atoms with E-state index < -0.39 is 0 Å². The highest BCUT2D eigenvalue weighted by atomic mass is 16.5. The van der Waals surface area contributed by atoms with E-state index in [4.69, 9.17) is 9.47 Å². The molecule has 1 unspecified atom stereocenters. The fourth-order valence-electron chi connectivity index (χ4n) is 1.99. The molecule has 1 rings (SSSR count). The predicted octanol–water partition coefficient (Wildman–Crippen LogP) is 2.64. The number of para-hydroxylation sites is 1. The number of rotatable bonds is 7. The second kappa shape index (κ2) is 7.79. The fraction of sp³-hybridized carbons (Fsp3) is 0.533. The average molecular weight is 265 g/mol. The number of hydrogen-bond donors (Lipinski definition) is 0. The Labute approximate surface area is 115 Å². The van der Waals surface area contributed by atoms with Gasteiger partial charge < -0.3 is 14.4 Å². The molecule has 1 atom stereocenters. The first-order valence-corrected chi connectivity index (χ1v) is 6.63. The number of esters is 1. The van der Waals surface area contributed by atoms with Crippen LogP contribution in [0.1, 0.15) is 31.9 Å². The number of hydrogen-bond acceptors (Lipinski definition) is 4. The molecule has 0 fully saturated rings. The summed E-state index contributed by atoms with van der Waals surface area (Å²) in [5, 5.41) is 0. The summed E-state index contributed by atoms with van der Waals surface area (Å²) in [4.78, 5) is 13.7. The first-order valence-electron chi connectivity index (χ1n) is 6.63. The van der Waals surface area contributed by atoms with Crippen molar-refractivity contribution in [2.75, 3.05) is 27.3 Å². The van der Waals surface area contributed by atoms with Gasteiger partial charge in [0.1, 0.15) is 5.75 Å². The molecule has 0 spiro atoms. The van der Waals surface area contributed by atoms with Crippen LogP contribution in [0.15, 0.2) is 24.3 Å². The first-order chi connectivity index (χ1) is 9.10. The van der Waals surface area contributed by atoms with Gasteiger partial charge in [-0.15, -0.1) is 0 Å². The van der Waals surface area contributed by atoms with E-state index in [-0.39, 0.29) is 12.0 Å². The van der Waals surface area contributed by atoms with E-state index in [9.17, 15) is 4.79 Å². The smallest absolute Gasteiger partial charge is 0.307 e. The quantitative estimate of drug-likeness (QED) is 0.710. The average Bonchev–Trinajstić information content (AvgIpc) is 2.37. The Morgan fingerprint density at radius 3 is 2.47 bits per heavy atom. The van der Waals surface area contributed by atoms with Crippen LogP contribution in [-0.4, -0.2) is 38.2 Å². The van der Waals surface area contributed by atoms with Gasteiger partial charge in [0.05, 0.1) is 19.6 Å². The highest BCUT2D eigenvalue weighted by Gasteiger charge is 2.22. The van der Waals surface area contributed by atoms with Gasteiger partial charge in [-0.2, -0.15) is 0 Å². The van der Waals surface area contributed by atoms with Crippen LogP contribution in [0.25, 0.3) is 0 Å². The molecule has 0 aliphatic heterocycles. The molecule has 0 aliphatic rings. The highest BCUT2D eigenvalue weighted by Crippen LogP contribution is 2.30. The van der Waals surface area contributed by atoms with Gasteiger partial charge >= 0.3 is 5.97 Å². The van der Waals surface area contributed by atoms with Crippen LogP contribution in [0, 0.1) is 0 Å². The molecule has 4 nitrogen and oxygen atoms in total. The monoisotopic (exact) mass is 265 g/mol. The molecule has 0 bridgehead atoms. The maximum absolute atomic E-state index is 11.7. The molecule has 4 heteroatoms. The Hall–Kier alpha value is -1.55. The van der Waals surface area contributed by atoms with E-state index in [0.29, 0.717) is 19.6 Å². The van der Waals surface area contributed by atoms with Gasteiger partial charge in [0.2, 0.25) is 0 Å². The number of carbonyl (C=O) groups is 1. The zero-order valence-electron chi connectivity index (χ0n) is 12.2. The molecular formula is C15H23NO3. The van der Waals surface area contributed by atoms with Crippen LogP contribution in [0.5, 0.6) is 5.75 Å². The molecule has 0 aliphatic carbocycles. The van der Waals surface area contributed by atoms with Crippen molar-refractivity contribution < 1.29 is 14.3 Å². The van der Waals surface area contributed by atoms with E-state index >= 15 is 0 Å². The Bertz CT molecular complexity index is 404. The first kappa shape index (κ1) is 15.5. The van der Waals surface area contributed by atoms with E-state index in [1.165, 1.54) is 0 Å².